The van der Waals surface area contributed by atoms with Crippen LogP contribution in [-0.2, 0) is 4.79 Å². The minimum absolute atomic E-state index is 0.00731. The van der Waals surface area contributed by atoms with Crippen molar-refractivity contribution < 1.29 is 19.1 Å². The van der Waals surface area contributed by atoms with E-state index in [1.54, 1.807) is 24.3 Å². The Kier molecular flexibility index (Phi) is 4.80. The fraction of sp³-hybridized carbons (Fsp3) is 0.238. The highest BCUT2D eigenvalue weighted by molar-refractivity contribution is 6.00. The van der Waals surface area contributed by atoms with Crippen molar-refractivity contribution in [2.24, 2.45) is 0 Å². The fourth-order valence-corrected chi connectivity index (χ4v) is 3.20. The summed E-state index contributed by atoms with van der Waals surface area (Å²) in [6.45, 7) is 5.75. The Balaban J connectivity index is 1.85. The molecule has 1 unspecified atom stereocenters. The molecule has 1 heterocycles. The number of furan rings is 1. The van der Waals surface area contributed by atoms with E-state index >= 15 is 0 Å². The summed E-state index contributed by atoms with van der Waals surface area (Å²) in [5.41, 5.74) is 4.11. The van der Waals surface area contributed by atoms with E-state index in [2.05, 4.69) is 5.32 Å². The van der Waals surface area contributed by atoms with Gasteiger partial charge in [0.2, 0.25) is 0 Å². The summed E-state index contributed by atoms with van der Waals surface area (Å²) in [5.74, 6) is -1.97. The number of benzene rings is 2. The minimum atomic E-state index is -0.982. The van der Waals surface area contributed by atoms with Crippen LogP contribution in [0, 0.1) is 20.8 Å². The van der Waals surface area contributed by atoms with E-state index in [4.69, 9.17) is 4.42 Å². The maximum absolute atomic E-state index is 12.6. The summed E-state index contributed by atoms with van der Waals surface area (Å²) in [6.07, 6.45) is 0. The van der Waals surface area contributed by atoms with Gasteiger partial charge in [0.1, 0.15) is 5.58 Å². The summed E-state index contributed by atoms with van der Waals surface area (Å²) in [4.78, 5) is 24.2. The zero-order valence-electron chi connectivity index (χ0n) is 15.0. The lowest BCUT2D eigenvalue weighted by molar-refractivity contribution is -0.138. The maximum Gasteiger partial charge on any atom is 0.312 e. The van der Waals surface area contributed by atoms with Crippen LogP contribution in [0.25, 0.3) is 11.0 Å². The topological polar surface area (TPSA) is 79.5 Å². The summed E-state index contributed by atoms with van der Waals surface area (Å²) in [6, 6.07) is 12.8. The molecule has 3 rings (SSSR count). The van der Waals surface area contributed by atoms with Crippen LogP contribution >= 0.6 is 0 Å². The minimum Gasteiger partial charge on any atom is -0.481 e. The number of carbonyl (C=O) groups is 2. The lowest BCUT2D eigenvalue weighted by Gasteiger charge is -2.13. The zero-order valence-corrected chi connectivity index (χ0v) is 15.0. The first-order chi connectivity index (χ1) is 12.4. The second-order valence-electron chi connectivity index (χ2n) is 6.47. The molecule has 1 amide bonds. The van der Waals surface area contributed by atoms with E-state index in [1.807, 2.05) is 39.0 Å². The molecule has 0 bridgehead atoms. The van der Waals surface area contributed by atoms with Gasteiger partial charge in [0.05, 0.1) is 5.92 Å². The van der Waals surface area contributed by atoms with E-state index in [0.29, 0.717) is 11.1 Å². The predicted octanol–water partition coefficient (Wildman–Crippen LogP) is 3.96. The number of rotatable bonds is 5. The van der Waals surface area contributed by atoms with Gasteiger partial charge in [0.25, 0.3) is 5.91 Å². The number of aliphatic carboxylic acids is 1. The maximum atomic E-state index is 12.6. The van der Waals surface area contributed by atoms with E-state index in [-0.39, 0.29) is 12.3 Å². The second-order valence-corrected chi connectivity index (χ2v) is 6.47. The van der Waals surface area contributed by atoms with Crippen LogP contribution in [0.15, 0.2) is 46.9 Å². The smallest absolute Gasteiger partial charge is 0.312 e. The highest BCUT2D eigenvalue weighted by atomic mass is 16.4. The lowest BCUT2D eigenvalue weighted by Crippen LogP contribution is -2.31. The number of carboxylic acid groups (broad SMARTS) is 1. The van der Waals surface area contributed by atoms with Crippen molar-refractivity contribution in [2.45, 2.75) is 26.7 Å². The fourth-order valence-electron chi connectivity index (χ4n) is 3.20. The number of hydrogen-bond donors (Lipinski definition) is 2. The van der Waals surface area contributed by atoms with Gasteiger partial charge in [-0.1, -0.05) is 42.5 Å². The molecule has 0 fully saturated rings. The van der Waals surface area contributed by atoms with Gasteiger partial charge in [-0.05, 0) is 37.5 Å². The molecule has 0 saturated carbocycles. The molecule has 1 atom stereocenters. The van der Waals surface area contributed by atoms with Crippen molar-refractivity contribution >= 4 is 22.8 Å². The quantitative estimate of drug-likeness (QED) is 0.729. The van der Waals surface area contributed by atoms with Gasteiger partial charge in [0.15, 0.2) is 5.76 Å². The third kappa shape index (κ3) is 3.20. The molecule has 5 heteroatoms. The number of nitrogens with one attached hydrogen (secondary N) is 1. The van der Waals surface area contributed by atoms with Gasteiger partial charge < -0.3 is 14.8 Å². The van der Waals surface area contributed by atoms with Crippen LogP contribution in [0.2, 0.25) is 0 Å². The molecule has 0 aliphatic rings. The molecule has 0 saturated heterocycles. The van der Waals surface area contributed by atoms with Gasteiger partial charge in [-0.15, -0.1) is 0 Å². The first kappa shape index (κ1) is 17.7. The Labute approximate surface area is 151 Å². The zero-order chi connectivity index (χ0) is 18.8. The van der Waals surface area contributed by atoms with Crippen molar-refractivity contribution in [3.63, 3.8) is 0 Å². The Hall–Kier alpha value is -3.08. The van der Waals surface area contributed by atoms with Crippen LogP contribution in [0.4, 0.5) is 0 Å². The summed E-state index contributed by atoms with van der Waals surface area (Å²) >= 11 is 0. The third-order valence-corrected chi connectivity index (χ3v) is 4.66. The van der Waals surface area contributed by atoms with Crippen LogP contribution in [0.3, 0.4) is 0 Å². The molecule has 0 spiro atoms. The third-order valence-electron chi connectivity index (χ3n) is 4.66. The summed E-state index contributed by atoms with van der Waals surface area (Å²) in [5, 5.41) is 13.1. The van der Waals surface area contributed by atoms with Gasteiger partial charge >= 0.3 is 5.97 Å². The lowest BCUT2D eigenvalue weighted by atomic mass is 9.99. The van der Waals surface area contributed by atoms with E-state index < -0.39 is 17.8 Å². The van der Waals surface area contributed by atoms with Crippen molar-refractivity contribution in [1.82, 2.24) is 5.32 Å². The van der Waals surface area contributed by atoms with Crippen molar-refractivity contribution in [3.8, 4) is 0 Å². The Morgan fingerprint density at radius 2 is 1.69 bits per heavy atom. The van der Waals surface area contributed by atoms with Crippen LogP contribution in [0.1, 0.15) is 38.7 Å². The summed E-state index contributed by atoms with van der Waals surface area (Å²) < 4.78 is 5.81. The number of aryl methyl sites for hydroxylation is 3. The van der Waals surface area contributed by atoms with Gasteiger partial charge in [-0.3, -0.25) is 9.59 Å². The summed E-state index contributed by atoms with van der Waals surface area (Å²) in [7, 11) is 0. The number of carboxylic acids is 1. The SMILES string of the molecule is Cc1ccc(C)c2c(C)c(C(=O)NCC(C(=O)O)c3ccccc3)oc12. The largest absolute Gasteiger partial charge is 0.481 e. The van der Waals surface area contributed by atoms with Crippen molar-refractivity contribution in [3.05, 3.63) is 70.5 Å². The first-order valence-corrected chi connectivity index (χ1v) is 8.45. The second kappa shape index (κ2) is 7.04. The van der Waals surface area contributed by atoms with E-state index in [9.17, 15) is 14.7 Å². The highest BCUT2D eigenvalue weighted by Crippen LogP contribution is 2.30. The first-order valence-electron chi connectivity index (χ1n) is 8.45. The molecule has 1 aromatic heterocycles. The molecule has 134 valence electrons. The van der Waals surface area contributed by atoms with Crippen LogP contribution in [0.5, 0.6) is 0 Å². The molecule has 5 nitrogen and oxygen atoms in total. The Morgan fingerprint density at radius 1 is 1.04 bits per heavy atom. The van der Waals surface area contributed by atoms with Gasteiger partial charge in [-0.2, -0.15) is 0 Å². The Morgan fingerprint density at radius 3 is 2.31 bits per heavy atom. The van der Waals surface area contributed by atoms with Crippen molar-refractivity contribution in [2.75, 3.05) is 6.54 Å². The standard InChI is InChI=1S/C21H21NO4/c1-12-9-10-13(2)18-17(12)14(3)19(26-18)20(23)22-11-16(21(24)25)15-7-5-4-6-8-15/h4-10,16H,11H2,1-3H3,(H,22,23)(H,24,25). The molecule has 0 aliphatic carbocycles. The normalized spacial score (nSPS) is 12.1. The molecular formula is C21H21NO4. The molecule has 0 radical (unpaired) electrons. The predicted molar refractivity (Wildman–Crippen MR) is 99.6 cm³/mol. The van der Waals surface area contributed by atoms with Crippen LogP contribution in [-0.4, -0.2) is 23.5 Å². The van der Waals surface area contributed by atoms with E-state index in [1.165, 1.54) is 0 Å². The average Bonchev–Trinajstić information content (AvgIpc) is 2.98. The molecule has 0 aliphatic heterocycles. The number of amides is 1. The van der Waals surface area contributed by atoms with Gasteiger partial charge in [0, 0.05) is 17.5 Å². The van der Waals surface area contributed by atoms with E-state index in [0.717, 1.165) is 22.1 Å². The highest BCUT2D eigenvalue weighted by Gasteiger charge is 2.24. The monoisotopic (exact) mass is 351 g/mol. The molecule has 2 N–H and O–H groups in total. The van der Waals surface area contributed by atoms with Gasteiger partial charge in [-0.25, -0.2) is 0 Å². The molecule has 3 aromatic rings. The molecule has 2 aromatic carbocycles. The molecular weight excluding hydrogens is 330 g/mol. The Bertz CT molecular complexity index is 973. The number of hydrogen-bond acceptors (Lipinski definition) is 3. The van der Waals surface area contributed by atoms with Crippen molar-refractivity contribution in [1.29, 1.82) is 0 Å². The average molecular weight is 351 g/mol. The number of fused-ring (bicyclic) bond motifs is 1. The molecule has 26 heavy (non-hydrogen) atoms. The van der Waals surface area contributed by atoms with Crippen LogP contribution < -0.4 is 5.32 Å². The number of carbonyl (C=O) groups excluding carboxylic acids is 1.